The molecule has 0 fully saturated rings. The summed E-state index contributed by atoms with van der Waals surface area (Å²) in [5, 5.41) is 19.8. The summed E-state index contributed by atoms with van der Waals surface area (Å²) < 4.78 is 0. The second-order valence-electron chi connectivity index (χ2n) is 4.01. The molecule has 0 amide bonds. The third-order valence-corrected chi connectivity index (χ3v) is 6.72. The third-order valence-electron chi connectivity index (χ3n) is 2.70. The SMILES string of the molecule is O=C=C1C=CC=C(SSSC2=CC=CC(=C=O)C2O)C1O. The first kappa shape index (κ1) is 16.2. The van der Waals surface area contributed by atoms with Crippen molar-refractivity contribution < 1.29 is 19.8 Å². The van der Waals surface area contributed by atoms with Crippen molar-refractivity contribution in [3.63, 3.8) is 0 Å². The molecular weight excluding hydrogens is 328 g/mol. The molecule has 21 heavy (non-hydrogen) atoms. The van der Waals surface area contributed by atoms with Crippen LogP contribution in [-0.4, -0.2) is 34.3 Å². The molecule has 0 aromatic heterocycles. The minimum absolute atomic E-state index is 0.191. The van der Waals surface area contributed by atoms with Crippen LogP contribution in [0.25, 0.3) is 0 Å². The number of aliphatic hydroxyl groups excluding tert-OH is 2. The molecule has 0 saturated carbocycles. The van der Waals surface area contributed by atoms with Gasteiger partial charge >= 0.3 is 0 Å². The third kappa shape index (κ3) is 3.93. The van der Waals surface area contributed by atoms with Gasteiger partial charge in [0.2, 0.25) is 0 Å². The van der Waals surface area contributed by atoms with Gasteiger partial charge < -0.3 is 10.2 Å². The summed E-state index contributed by atoms with van der Waals surface area (Å²) in [7, 11) is 3.89. The highest BCUT2D eigenvalue weighted by molar-refractivity contribution is 9.10. The van der Waals surface area contributed by atoms with Gasteiger partial charge in [-0.1, -0.05) is 12.2 Å². The summed E-state index contributed by atoms with van der Waals surface area (Å²) in [6.45, 7) is 0. The van der Waals surface area contributed by atoms with Gasteiger partial charge in [0.05, 0.1) is 11.1 Å². The maximum atomic E-state index is 10.6. The van der Waals surface area contributed by atoms with Crippen molar-refractivity contribution in [2.24, 2.45) is 0 Å². The van der Waals surface area contributed by atoms with Gasteiger partial charge in [0, 0.05) is 9.81 Å². The van der Waals surface area contributed by atoms with E-state index in [4.69, 9.17) is 0 Å². The van der Waals surface area contributed by atoms with Crippen molar-refractivity contribution in [2.45, 2.75) is 12.2 Å². The number of carbonyl (C=O) groups excluding carboxylic acids is 2. The van der Waals surface area contributed by atoms with Crippen LogP contribution in [0.1, 0.15) is 0 Å². The standard InChI is InChI=1S/C14H10O4S3/c15-7-9-3-1-5-11(13(9)17)19-21-20-12-6-2-4-10(8-16)14(12)18/h1-6,13-14,17-18H. The van der Waals surface area contributed by atoms with Crippen molar-refractivity contribution in [2.75, 3.05) is 0 Å². The first-order valence-corrected chi connectivity index (χ1v) is 9.29. The Balaban J connectivity index is 1.94. The predicted molar refractivity (Wildman–Crippen MR) is 87.6 cm³/mol. The molecule has 2 unspecified atom stereocenters. The van der Waals surface area contributed by atoms with E-state index in [0.29, 0.717) is 9.81 Å². The number of hydrogen-bond donors (Lipinski definition) is 2. The van der Waals surface area contributed by atoms with Gasteiger partial charge in [-0.15, -0.1) is 0 Å². The van der Waals surface area contributed by atoms with E-state index in [1.54, 1.807) is 36.2 Å². The average Bonchev–Trinajstić information content (AvgIpc) is 2.50. The van der Waals surface area contributed by atoms with Crippen molar-refractivity contribution in [1.29, 1.82) is 0 Å². The lowest BCUT2D eigenvalue weighted by atomic mass is 10.1. The summed E-state index contributed by atoms with van der Waals surface area (Å²) in [6.07, 6.45) is 7.86. The van der Waals surface area contributed by atoms with Gasteiger partial charge in [-0.2, -0.15) is 0 Å². The van der Waals surface area contributed by atoms with Crippen LogP contribution in [0.4, 0.5) is 0 Å². The Kier molecular flexibility index (Phi) is 5.96. The molecule has 0 bridgehead atoms. The number of hydrogen-bond acceptors (Lipinski definition) is 7. The quantitative estimate of drug-likeness (QED) is 0.601. The van der Waals surface area contributed by atoms with E-state index in [1.807, 2.05) is 0 Å². The van der Waals surface area contributed by atoms with E-state index in [-0.39, 0.29) is 11.1 Å². The molecule has 0 spiro atoms. The van der Waals surface area contributed by atoms with Crippen LogP contribution in [-0.2, 0) is 9.59 Å². The number of allylic oxidation sites excluding steroid dienone is 4. The molecule has 0 aliphatic heterocycles. The number of rotatable bonds is 4. The lowest BCUT2D eigenvalue weighted by molar-refractivity contribution is 0.259. The van der Waals surface area contributed by atoms with Gasteiger partial charge in [-0.25, -0.2) is 9.59 Å². The molecule has 2 rings (SSSR count). The maximum Gasteiger partial charge on any atom is 0.131 e. The van der Waals surface area contributed by atoms with E-state index >= 15 is 0 Å². The van der Waals surface area contributed by atoms with Crippen LogP contribution in [0.2, 0.25) is 0 Å². The molecule has 0 heterocycles. The maximum absolute atomic E-state index is 10.6. The fraction of sp³-hybridized carbons (Fsp3) is 0.143. The fourth-order valence-electron chi connectivity index (χ4n) is 1.59. The molecule has 2 atom stereocenters. The van der Waals surface area contributed by atoms with Gasteiger partial charge in [0.1, 0.15) is 24.1 Å². The highest BCUT2D eigenvalue weighted by atomic mass is 33.5. The van der Waals surface area contributed by atoms with E-state index in [9.17, 15) is 19.8 Å². The minimum atomic E-state index is -0.971. The molecule has 108 valence electrons. The normalized spacial score (nSPS) is 24.3. The Bertz CT molecular complexity index is 591. The van der Waals surface area contributed by atoms with Crippen LogP contribution in [0.5, 0.6) is 0 Å². The Morgan fingerprint density at radius 3 is 1.67 bits per heavy atom. The lowest BCUT2D eigenvalue weighted by Crippen LogP contribution is -2.13. The predicted octanol–water partition coefficient (Wildman–Crippen LogP) is 2.16. The molecule has 0 aromatic carbocycles. The Morgan fingerprint density at radius 1 is 0.857 bits per heavy atom. The minimum Gasteiger partial charge on any atom is -0.382 e. The average molecular weight is 338 g/mol. The molecule has 7 heteroatoms. The lowest BCUT2D eigenvalue weighted by Gasteiger charge is -2.17. The van der Waals surface area contributed by atoms with Crippen molar-refractivity contribution in [3.05, 3.63) is 57.4 Å². The second kappa shape index (κ2) is 7.73. The topological polar surface area (TPSA) is 74.6 Å². The fourth-order valence-corrected chi connectivity index (χ4v) is 5.66. The Morgan fingerprint density at radius 2 is 1.29 bits per heavy atom. The van der Waals surface area contributed by atoms with Crippen molar-refractivity contribution in [3.8, 4) is 0 Å². The molecule has 2 aliphatic carbocycles. The van der Waals surface area contributed by atoms with Crippen LogP contribution >= 0.6 is 31.4 Å². The van der Waals surface area contributed by atoms with E-state index in [0.717, 1.165) is 0 Å². The van der Waals surface area contributed by atoms with E-state index < -0.39 is 12.2 Å². The summed E-state index contributed by atoms with van der Waals surface area (Å²) in [4.78, 5) is 22.5. The summed E-state index contributed by atoms with van der Waals surface area (Å²) in [5.74, 6) is 3.39. The van der Waals surface area contributed by atoms with Crippen molar-refractivity contribution in [1.82, 2.24) is 0 Å². The Labute approximate surface area is 132 Å². The Hall–Kier alpha value is -1.17. The first-order chi connectivity index (χ1) is 10.2. The van der Waals surface area contributed by atoms with E-state index in [2.05, 4.69) is 0 Å². The van der Waals surface area contributed by atoms with Crippen LogP contribution in [0, 0.1) is 0 Å². The highest BCUT2D eigenvalue weighted by Crippen LogP contribution is 2.47. The van der Waals surface area contributed by atoms with E-state index in [1.165, 1.54) is 43.6 Å². The highest BCUT2D eigenvalue weighted by Gasteiger charge is 2.22. The zero-order chi connectivity index (χ0) is 15.2. The molecule has 4 nitrogen and oxygen atoms in total. The monoisotopic (exact) mass is 338 g/mol. The van der Waals surface area contributed by atoms with Crippen molar-refractivity contribution >= 4 is 43.3 Å². The van der Waals surface area contributed by atoms with Gasteiger partial charge in [-0.3, -0.25) is 0 Å². The summed E-state index contributed by atoms with van der Waals surface area (Å²) >= 11 is 0. The zero-order valence-electron chi connectivity index (χ0n) is 10.6. The van der Waals surface area contributed by atoms with Crippen LogP contribution < -0.4 is 0 Å². The largest absolute Gasteiger partial charge is 0.382 e. The first-order valence-electron chi connectivity index (χ1n) is 5.81. The summed E-state index contributed by atoms with van der Waals surface area (Å²) in [5.41, 5.74) is 0.383. The molecule has 0 radical (unpaired) electrons. The summed E-state index contributed by atoms with van der Waals surface area (Å²) in [6, 6.07) is 0. The zero-order valence-corrected chi connectivity index (χ0v) is 13.0. The van der Waals surface area contributed by atoms with Gasteiger partial charge in [0.15, 0.2) is 0 Å². The molecule has 2 N–H and O–H groups in total. The molecule has 0 saturated heterocycles. The second-order valence-corrected chi connectivity index (χ2v) is 8.06. The molecule has 2 aliphatic rings. The van der Waals surface area contributed by atoms with Crippen LogP contribution in [0.15, 0.2) is 57.4 Å². The number of aliphatic hydroxyl groups is 2. The smallest absolute Gasteiger partial charge is 0.131 e. The molecule has 0 aromatic rings. The van der Waals surface area contributed by atoms with Crippen LogP contribution in [0.3, 0.4) is 0 Å². The van der Waals surface area contributed by atoms with Gasteiger partial charge in [0.25, 0.3) is 0 Å². The van der Waals surface area contributed by atoms with Gasteiger partial charge in [-0.05, 0) is 55.7 Å². The molecular formula is C14H10O4S3.